The molecular formula is C15H22Cl2N2OS. The molecule has 1 atom stereocenters. The second-order valence-electron chi connectivity index (χ2n) is 5.95. The molecular weight excluding hydrogens is 327 g/mol. The third kappa shape index (κ3) is 4.85. The van der Waals surface area contributed by atoms with Gasteiger partial charge in [0.1, 0.15) is 0 Å². The number of nitrogens with one attached hydrogen (secondary N) is 2. The summed E-state index contributed by atoms with van der Waals surface area (Å²) in [5.74, 6) is 1.51. The van der Waals surface area contributed by atoms with Gasteiger partial charge in [-0.15, -0.1) is 23.7 Å². The largest absolute Gasteiger partial charge is 0.348 e. The molecule has 2 N–H and O–H groups in total. The van der Waals surface area contributed by atoms with E-state index in [9.17, 15) is 4.79 Å². The minimum atomic E-state index is 0. The molecule has 0 radical (unpaired) electrons. The molecule has 2 aliphatic rings. The van der Waals surface area contributed by atoms with E-state index in [2.05, 4.69) is 10.6 Å². The van der Waals surface area contributed by atoms with Gasteiger partial charge in [-0.05, 0) is 69.2 Å². The van der Waals surface area contributed by atoms with Crippen molar-refractivity contribution < 1.29 is 4.79 Å². The van der Waals surface area contributed by atoms with Crippen molar-refractivity contribution >= 4 is 41.3 Å². The van der Waals surface area contributed by atoms with Crippen LogP contribution in [-0.2, 0) is 0 Å². The third-order valence-corrected chi connectivity index (χ3v) is 5.58. The summed E-state index contributed by atoms with van der Waals surface area (Å²) >= 11 is 7.26. The minimum absolute atomic E-state index is 0. The third-order valence-electron chi connectivity index (χ3n) is 4.35. The van der Waals surface area contributed by atoms with Gasteiger partial charge in [0.05, 0.1) is 9.21 Å². The van der Waals surface area contributed by atoms with Gasteiger partial charge in [-0.2, -0.15) is 0 Å². The lowest BCUT2D eigenvalue weighted by atomic mass is 9.89. The van der Waals surface area contributed by atoms with Crippen LogP contribution in [0.2, 0.25) is 4.34 Å². The predicted octanol–water partition coefficient (Wildman–Crippen LogP) is 3.72. The van der Waals surface area contributed by atoms with Crippen LogP contribution in [-0.4, -0.2) is 25.0 Å². The predicted molar refractivity (Wildman–Crippen MR) is 90.8 cm³/mol. The first kappa shape index (κ1) is 17.1. The number of hydrogen-bond donors (Lipinski definition) is 2. The average Bonchev–Trinajstić information content (AvgIpc) is 3.21. The summed E-state index contributed by atoms with van der Waals surface area (Å²) in [7, 11) is 0. The van der Waals surface area contributed by atoms with Crippen molar-refractivity contribution in [2.75, 3.05) is 13.1 Å². The molecule has 0 bridgehead atoms. The van der Waals surface area contributed by atoms with E-state index in [4.69, 9.17) is 11.6 Å². The molecule has 0 aromatic carbocycles. The lowest BCUT2D eigenvalue weighted by Crippen LogP contribution is -2.39. The fourth-order valence-electron chi connectivity index (χ4n) is 3.02. The Hall–Kier alpha value is -0.290. The first-order valence-corrected chi connectivity index (χ1v) is 8.69. The number of hydrogen-bond acceptors (Lipinski definition) is 3. The first-order chi connectivity index (χ1) is 9.72. The minimum Gasteiger partial charge on any atom is -0.348 e. The van der Waals surface area contributed by atoms with Crippen LogP contribution >= 0.6 is 35.3 Å². The molecule has 0 spiro atoms. The monoisotopic (exact) mass is 348 g/mol. The highest BCUT2D eigenvalue weighted by molar-refractivity contribution is 7.17. The van der Waals surface area contributed by atoms with Gasteiger partial charge < -0.3 is 10.6 Å². The van der Waals surface area contributed by atoms with E-state index < -0.39 is 0 Å². The summed E-state index contributed by atoms with van der Waals surface area (Å²) in [4.78, 5) is 13.0. The second-order valence-corrected chi connectivity index (χ2v) is 7.67. The van der Waals surface area contributed by atoms with E-state index in [1.807, 2.05) is 6.07 Å². The van der Waals surface area contributed by atoms with Gasteiger partial charge in [0.2, 0.25) is 0 Å². The summed E-state index contributed by atoms with van der Waals surface area (Å²) in [5, 5.41) is 6.65. The van der Waals surface area contributed by atoms with E-state index in [1.165, 1.54) is 37.0 Å². The molecule has 1 saturated heterocycles. The number of carbonyl (C=O) groups is 1. The number of amides is 1. The molecule has 1 unspecified atom stereocenters. The van der Waals surface area contributed by atoms with Crippen LogP contribution in [0.5, 0.6) is 0 Å². The molecule has 3 rings (SSSR count). The number of rotatable bonds is 5. The topological polar surface area (TPSA) is 41.1 Å². The van der Waals surface area contributed by atoms with Crippen LogP contribution in [0.3, 0.4) is 0 Å². The molecule has 1 aliphatic carbocycles. The van der Waals surface area contributed by atoms with Gasteiger partial charge in [0, 0.05) is 6.04 Å². The zero-order chi connectivity index (χ0) is 13.9. The summed E-state index contributed by atoms with van der Waals surface area (Å²) in [6.45, 7) is 2.24. The fourth-order valence-corrected chi connectivity index (χ4v) is 3.97. The lowest BCUT2D eigenvalue weighted by Gasteiger charge is -2.27. The number of thiophene rings is 1. The molecule has 1 saturated carbocycles. The molecule has 2 heterocycles. The van der Waals surface area contributed by atoms with Gasteiger partial charge in [0.25, 0.3) is 5.91 Å². The van der Waals surface area contributed by atoms with Gasteiger partial charge in [0.15, 0.2) is 0 Å². The standard InChI is InChI=1S/C15H21ClN2OS.ClH/c16-14-4-3-13(20-14)15(19)18-12(11-1-2-11)9-10-5-7-17-8-6-10;/h3-4,10-12,17H,1-2,5-9H2,(H,18,19);1H. The summed E-state index contributed by atoms with van der Waals surface area (Å²) in [5.41, 5.74) is 0. The van der Waals surface area contributed by atoms with Crippen LogP contribution in [0, 0.1) is 11.8 Å². The van der Waals surface area contributed by atoms with E-state index in [0.717, 1.165) is 30.3 Å². The van der Waals surface area contributed by atoms with Crippen LogP contribution in [0.25, 0.3) is 0 Å². The van der Waals surface area contributed by atoms with Gasteiger partial charge in [-0.1, -0.05) is 11.6 Å². The zero-order valence-corrected chi connectivity index (χ0v) is 14.3. The molecule has 21 heavy (non-hydrogen) atoms. The molecule has 1 aromatic rings. The van der Waals surface area contributed by atoms with Crippen molar-refractivity contribution in [1.82, 2.24) is 10.6 Å². The molecule has 118 valence electrons. The Labute approximate surface area is 141 Å². The van der Waals surface area contributed by atoms with Crippen LogP contribution in [0.15, 0.2) is 12.1 Å². The van der Waals surface area contributed by atoms with Crippen LogP contribution in [0.1, 0.15) is 41.8 Å². The second kappa shape index (κ2) is 7.82. The van der Waals surface area contributed by atoms with Crippen molar-refractivity contribution in [2.45, 2.75) is 38.1 Å². The molecule has 1 aromatic heterocycles. The molecule has 6 heteroatoms. The maximum Gasteiger partial charge on any atom is 0.261 e. The van der Waals surface area contributed by atoms with E-state index in [0.29, 0.717) is 16.3 Å². The molecule has 2 fully saturated rings. The normalized spacial score (nSPS) is 20.6. The summed E-state index contributed by atoms with van der Waals surface area (Å²) < 4.78 is 0.677. The summed E-state index contributed by atoms with van der Waals surface area (Å²) in [6.07, 6.45) is 6.15. The van der Waals surface area contributed by atoms with Gasteiger partial charge in [-0.3, -0.25) is 4.79 Å². The number of piperidine rings is 1. The van der Waals surface area contributed by atoms with Crippen molar-refractivity contribution in [1.29, 1.82) is 0 Å². The summed E-state index contributed by atoms with van der Waals surface area (Å²) in [6, 6.07) is 3.96. The van der Waals surface area contributed by atoms with Crippen molar-refractivity contribution in [3.63, 3.8) is 0 Å². The Morgan fingerprint density at radius 2 is 2.05 bits per heavy atom. The SMILES string of the molecule is Cl.O=C(NC(CC1CCNCC1)C1CC1)c1ccc(Cl)s1. The molecule has 1 amide bonds. The van der Waals surface area contributed by atoms with Crippen molar-refractivity contribution in [2.24, 2.45) is 11.8 Å². The highest BCUT2D eigenvalue weighted by Crippen LogP contribution is 2.36. The highest BCUT2D eigenvalue weighted by Gasteiger charge is 2.34. The van der Waals surface area contributed by atoms with Crippen molar-refractivity contribution in [3.8, 4) is 0 Å². The zero-order valence-electron chi connectivity index (χ0n) is 11.9. The Bertz CT molecular complexity index is 470. The smallest absolute Gasteiger partial charge is 0.261 e. The Balaban J connectivity index is 0.00000161. The van der Waals surface area contributed by atoms with Crippen LogP contribution in [0.4, 0.5) is 0 Å². The maximum atomic E-state index is 12.3. The van der Waals surface area contributed by atoms with E-state index in [1.54, 1.807) is 6.07 Å². The van der Waals surface area contributed by atoms with Crippen LogP contribution < -0.4 is 10.6 Å². The lowest BCUT2D eigenvalue weighted by molar-refractivity contribution is 0.0927. The maximum absolute atomic E-state index is 12.3. The first-order valence-electron chi connectivity index (χ1n) is 7.49. The number of halogens is 2. The van der Waals surface area contributed by atoms with Crippen molar-refractivity contribution in [3.05, 3.63) is 21.3 Å². The Kier molecular flexibility index (Phi) is 6.35. The Morgan fingerprint density at radius 3 is 2.62 bits per heavy atom. The average molecular weight is 349 g/mol. The van der Waals surface area contributed by atoms with Gasteiger partial charge >= 0.3 is 0 Å². The quantitative estimate of drug-likeness (QED) is 0.851. The number of carbonyl (C=O) groups excluding carboxylic acids is 1. The highest BCUT2D eigenvalue weighted by atomic mass is 35.5. The van der Waals surface area contributed by atoms with Gasteiger partial charge in [-0.25, -0.2) is 0 Å². The fraction of sp³-hybridized carbons (Fsp3) is 0.667. The molecule has 1 aliphatic heterocycles. The van der Waals surface area contributed by atoms with E-state index >= 15 is 0 Å². The molecule has 3 nitrogen and oxygen atoms in total. The van der Waals surface area contributed by atoms with E-state index in [-0.39, 0.29) is 18.3 Å². The Morgan fingerprint density at radius 1 is 1.33 bits per heavy atom.